The second-order valence-corrected chi connectivity index (χ2v) is 5.42. The van der Waals surface area contributed by atoms with Crippen LogP contribution in [0.4, 0.5) is 17.6 Å². The fraction of sp³-hybridized carbons (Fsp3) is 0.143. The minimum absolute atomic E-state index is 0.00448. The summed E-state index contributed by atoms with van der Waals surface area (Å²) in [4.78, 5) is -0.513. The Morgan fingerprint density at radius 1 is 1.00 bits per heavy atom. The minimum Gasteiger partial charge on any atom is -0.435 e. The summed E-state index contributed by atoms with van der Waals surface area (Å²) in [7, 11) is 0. The van der Waals surface area contributed by atoms with E-state index in [0.29, 0.717) is 11.1 Å². The molecule has 1 unspecified atom stereocenters. The van der Waals surface area contributed by atoms with Crippen LogP contribution in [-0.4, -0.2) is 6.61 Å². The van der Waals surface area contributed by atoms with E-state index in [0.717, 1.165) is 12.1 Å². The molecule has 0 aliphatic heterocycles. The van der Waals surface area contributed by atoms with Gasteiger partial charge in [0.15, 0.2) is 11.6 Å². The first-order chi connectivity index (χ1) is 9.88. The molecule has 1 nitrogen and oxygen atoms in total. The van der Waals surface area contributed by atoms with Gasteiger partial charge in [-0.25, -0.2) is 8.78 Å². The zero-order chi connectivity index (χ0) is 15.6. The molecule has 0 spiro atoms. The average molecular weight is 384 g/mol. The minimum atomic E-state index is -2.91. The van der Waals surface area contributed by atoms with Gasteiger partial charge in [0.1, 0.15) is 5.75 Å². The van der Waals surface area contributed by atoms with Gasteiger partial charge in [-0.2, -0.15) is 8.78 Å². The van der Waals surface area contributed by atoms with Crippen molar-refractivity contribution in [3.05, 3.63) is 64.2 Å². The monoisotopic (exact) mass is 382 g/mol. The van der Waals surface area contributed by atoms with Crippen molar-refractivity contribution in [2.75, 3.05) is 0 Å². The third-order valence-electron chi connectivity index (χ3n) is 2.71. The molecular formula is C14H8BrClF4O. The molecule has 0 bridgehead atoms. The topological polar surface area (TPSA) is 9.23 Å². The molecule has 21 heavy (non-hydrogen) atoms. The summed E-state index contributed by atoms with van der Waals surface area (Å²) in [5.74, 6) is -2.05. The highest BCUT2D eigenvalue weighted by Gasteiger charge is 2.17. The lowest BCUT2D eigenvalue weighted by molar-refractivity contribution is -0.0498. The van der Waals surface area contributed by atoms with Gasteiger partial charge in [-0.15, -0.1) is 0 Å². The Labute approximate surface area is 131 Å². The highest BCUT2D eigenvalue weighted by molar-refractivity contribution is 9.09. The fourth-order valence-corrected chi connectivity index (χ4v) is 2.81. The smallest absolute Gasteiger partial charge is 0.387 e. The number of alkyl halides is 3. The van der Waals surface area contributed by atoms with Gasteiger partial charge in [0.25, 0.3) is 0 Å². The van der Waals surface area contributed by atoms with Crippen LogP contribution in [0.15, 0.2) is 36.4 Å². The number of rotatable bonds is 4. The number of halogens is 6. The van der Waals surface area contributed by atoms with Gasteiger partial charge in [-0.1, -0.05) is 39.7 Å². The zero-order valence-electron chi connectivity index (χ0n) is 10.3. The Morgan fingerprint density at radius 2 is 1.57 bits per heavy atom. The summed E-state index contributed by atoms with van der Waals surface area (Å²) in [6.07, 6.45) is 0. The average Bonchev–Trinajstić information content (AvgIpc) is 2.42. The SMILES string of the molecule is Fc1cc(Cl)c(C(Br)c2ccc(OC(F)F)cc2)cc1F. The molecule has 0 aromatic heterocycles. The van der Waals surface area contributed by atoms with Gasteiger partial charge in [0, 0.05) is 5.02 Å². The van der Waals surface area contributed by atoms with Gasteiger partial charge >= 0.3 is 6.61 Å². The molecule has 2 rings (SSSR count). The van der Waals surface area contributed by atoms with E-state index in [2.05, 4.69) is 20.7 Å². The van der Waals surface area contributed by atoms with Crippen molar-refractivity contribution in [2.45, 2.75) is 11.4 Å². The molecule has 112 valence electrons. The Balaban J connectivity index is 2.27. The third-order valence-corrected chi connectivity index (χ3v) is 4.06. The fourth-order valence-electron chi connectivity index (χ4n) is 1.73. The van der Waals surface area contributed by atoms with Gasteiger partial charge in [0.2, 0.25) is 0 Å². The van der Waals surface area contributed by atoms with Gasteiger partial charge in [0.05, 0.1) is 4.83 Å². The van der Waals surface area contributed by atoms with Crippen molar-refractivity contribution < 1.29 is 22.3 Å². The summed E-state index contributed by atoms with van der Waals surface area (Å²) in [6, 6.07) is 7.62. The van der Waals surface area contributed by atoms with Gasteiger partial charge < -0.3 is 4.74 Å². The highest BCUT2D eigenvalue weighted by Crippen LogP contribution is 2.36. The molecule has 7 heteroatoms. The van der Waals surface area contributed by atoms with Crippen LogP contribution in [0.5, 0.6) is 5.75 Å². The molecule has 0 saturated carbocycles. The lowest BCUT2D eigenvalue weighted by atomic mass is 10.0. The summed E-state index contributed by atoms with van der Waals surface area (Å²) in [6.45, 7) is -2.91. The normalized spacial score (nSPS) is 12.5. The van der Waals surface area contributed by atoms with Crippen molar-refractivity contribution >= 4 is 27.5 Å². The molecule has 0 saturated heterocycles. The largest absolute Gasteiger partial charge is 0.435 e. The van der Waals surface area contributed by atoms with Crippen molar-refractivity contribution in [3.63, 3.8) is 0 Å². The van der Waals surface area contributed by atoms with Crippen molar-refractivity contribution in [1.82, 2.24) is 0 Å². The second-order valence-electron chi connectivity index (χ2n) is 4.10. The molecule has 0 N–H and O–H groups in total. The predicted molar refractivity (Wildman–Crippen MR) is 75.2 cm³/mol. The maximum absolute atomic E-state index is 13.3. The summed E-state index contributed by atoms with van der Waals surface area (Å²) >= 11 is 9.20. The quantitative estimate of drug-likeness (QED) is 0.374. The number of benzene rings is 2. The molecule has 1 atom stereocenters. The Hall–Kier alpha value is -1.27. The van der Waals surface area contributed by atoms with E-state index in [-0.39, 0.29) is 10.8 Å². The zero-order valence-corrected chi connectivity index (χ0v) is 12.6. The molecule has 0 aliphatic carbocycles. The molecule has 2 aromatic rings. The standard InChI is InChI=1S/C14H8BrClF4O/c15-13(9-5-11(17)12(18)6-10(9)16)7-1-3-8(4-2-7)21-14(19)20/h1-6,13-14H. The van der Waals surface area contributed by atoms with E-state index in [1.54, 1.807) is 0 Å². The van der Waals surface area contributed by atoms with Crippen molar-refractivity contribution in [3.8, 4) is 5.75 Å². The molecule has 0 radical (unpaired) electrons. The summed E-state index contributed by atoms with van der Waals surface area (Å²) in [5, 5.41) is 0.0590. The van der Waals surface area contributed by atoms with Crippen LogP contribution in [0, 0.1) is 11.6 Å². The van der Waals surface area contributed by atoms with Crippen LogP contribution in [0.1, 0.15) is 16.0 Å². The molecule has 0 fully saturated rings. The third kappa shape index (κ3) is 3.89. The number of hydrogen-bond donors (Lipinski definition) is 0. The lowest BCUT2D eigenvalue weighted by Gasteiger charge is -2.14. The van der Waals surface area contributed by atoms with Crippen molar-refractivity contribution in [2.24, 2.45) is 0 Å². The van der Waals surface area contributed by atoms with Crippen LogP contribution in [0.3, 0.4) is 0 Å². The number of hydrogen-bond acceptors (Lipinski definition) is 1. The van der Waals surface area contributed by atoms with E-state index >= 15 is 0 Å². The van der Waals surface area contributed by atoms with E-state index in [4.69, 9.17) is 11.6 Å². The second kappa shape index (κ2) is 6.66. The first-order valence-electron chi connectivity index (χ1n) is 5.71. The highest BCUT2D eigenvalue weighted by atomic mass is 79.9. The van der Waals surface area contributed by atoms with Crippen LogP contribution in [0.2, 0.25) is 5.02 Å². The maximum Gasteiger partial charge on any atom is 0.387 e. The maximum atomic E-state index is 13.3. The lowest BCUT2D eigenvalue weighted by Crippen LogP contribution is -2.02. The van der Waals surface area contributed by atoms with Crippen LogP contribution in [-0.2, 0) is 0 Å². The molecule has 0 aliphatic rings. The van der Waals surface area contributed by atoms with Gasteiger partial charge in [-0.3, -0.25) is 0 Å². The Morgan fingerprint density at radius 3 is 2.14 bits per heavy atom. The number of ether oxygens (including phenoxy) is 1. The van der Waals surface area contributed by atoms with Crippen LogP contribution >= 0.6 is 27.5 Å². The Kier molecular flexibility index (Phi) is 5.11. The van der Waals surface area contributed by atoms with Crippen LogP contribution in [0.25, 0.3) is 0 Å². The van der Waals surface area contributed by atoms with Crippen molar-refractivity contribution in [1.29, 1.82) is 0 Å². The van der Waals surface area contributed by atoms with E-state index < -0.39 is 23.1 Å². The van der Waals surface area contributed by atoms with Gasteiger partial charge in [-0.05, 0) is 35.4 Å². The summed E-state index contributed by atoms with van der Waals surface area (Å²) < 4.78 is 54.7. The molecular weight excluding hydrogens is 376 g/mol. The predicted octanol–water partition coefficient (Wildman–Crippen LogP) is 5.70. The molecule has 0 heterocycles. The van der Waals surface area contributed by atoms with Crippen LogP contribution < -0.4 is 4.74 Å². The first-order valence-corrected chi connectivity index (χ1v) is 7.01. The van der Waals surface area contributed by atoms with E-state index in [1.807, 2.05) is 0 Å². The first kappa shape index (κ1) is 16.1. The summed E-state index contributed by atoms with van der Waals surface area (Å²) in [5.41, 5.74) is 0.961. The molecule has 2 aromatic carbocycles. The Bertz CT molecular complexity index is 634. The van der Waals surface area contributed by atoms with E-state index in [1.165, 1.54) is 24.3 Å². The van der Waals surface area contributed by atoms with E-state index in [9.17, 15) is 17.6 Å². The molecule has 0 amide bonds.